The molecule has 0 spiro atoms. The van der Waals surface area contributed by atoms with Crippen molar-refractivity contribution in [3.8, 4) is 11.5 Å². The first kappa shape index (κ1) is 5.96. The lowest BCUT2D eigenvalue weighted by Crippen LogP contribution is -1.83. The van der Waals surface area contributed by atoms with Crippen molar-refractivity contribution < 1.29 is 8.94 Å². The zero-order valence-corrected chi connectivity index (χ0v) is 5.52. The molecular formula is C6H5N3O2. The molecule has 0 aliphatic rings. The van der Waals surface area contributed by atoms with Gasteiger partial charge in [-0.25, -0.2) is 4.98 Å². The topological polar surface area (TPSA) is 78.1 Å². The zero-order chi connectivity index (χ0) is 7.68. The highest BCUT2D eigenvalue weighted by Crippen LogP contribution is 2.22. The van der Waals surface area contributed by atoms with Crippen LogP contribution in [0.25, 0.3) is 11.5 Å². The average molecular weight is 151 g/mol. The number of oxazole rings is 1. The van der Waals surface area contributed by atoms with E-state index < -0.39 is 0 Å². The summed E-state index contributed by atoms with van der Waals surface area (Å²) >= 11 is 0. The van der Waals surface area contributed by atoms with Gasteiger partial charge in [-0.3, -0.25) is 0 Å². The fraction of sp³-hybridized carbons (Fsp3) is 0. The summed E-state index contributed by atoms with van der Waals surface area (Å²) in [5.41, 5.74) is 6.51. The maximum atomic E-state index is 5.49. The molecule has 2 N–H and O–H groups in total. The molecule has 0 fully saturated rings. The van der Waals surface area contributed by atoms with Crippen LogP contribution >= 0.6 is 0 Å². The average Bonchev–Trinajstić information content (AvgIpc) is 2.55. The molecule has 5 nitrogen and oxygen atoms in total. The van der Waals surface area contributed by atoms with Crippen LogP contribution < -0.4 is 5.73 Å². The molecule has 11 heavy (non-hydrogen) atoms. The second kappa shape index (κ2) is 2.12. The minimum atomic E-state index is 0.443. The summed E-state index contributed by atoms with van der Waals surface area (Å²) in [6.45, 7) is 0. The molecule has 0 saturated carbocycles. The van der Waals surface area contributed by atoms with E-state index in [4.69, 9.17) is 14.7 Å². The molecule has 0 bridgehead atoms. The van der Waals surface area contributed by atoms with Gasteiger partial charge in [-0.05, 0) is 0 Å². The summed E-state index contributed by atoms with van der Waals surface area (Å²) < 4.78 is 9.55. The van der Waals surface area contributed by atoms with Crippen LogP contribution in [-0.4, -0.2) is 10.1 Å². The van der Waals surface area contributed by atoms with Crippen molar-refractivity contribution in [1.82, 2.24) is 10.1 Å². The van der Waals surface area contributed by atoms with Gasteiger partial charge in [0.05, 0.1) is 6.20 Å². The van der Waals surface area contributed by atoms with Crippen molar-refractivity contribution in [2.24, 2.45) is 0 Å². The molecule has 0 aliphatic heterocycles. The van der Waals surface area contributed by atoms with Crippen molar-refractivity contribution in [1.29, 1.82) is 0 Å². The van der Waals surface area contributed by atoms with Gasteiger partial charge in [-0.2, -0.15) is 0 Å². The molecule has 5 heteroatoms. The first-order valence-electron chi connectivity index (χ1n) is 2.96. The van der Waals surface area contributed by atoms with E-state index in [2.05, 4.69) is 10.1 Å². The first-order valence-corrected chi connectivity index (χ1v) is 2.96. The van der Waals surface area contributed by atoms with Gasteiger partial charge < -0.3 is 14.7 Å². The number of nitrogens with two attached hydrogens (primary N) is 1. The molecule has 0 saturated heterocycles. The van der Waals surface area contributed by atoms with Crippen molar-refractivity contribution in [3.63, 3.8) is 0 Å². The Balaban J connectivity index is 2.53. The van der Waals surface area contributed by atoms with Crippen molar-refractivity contribution >= 4 is 5.69 Å². The molecule has 2 rings (SSSR count). The van der Waals surface area contributed by atoms with Crippen LogP contribution in [0.5, 0.6) is 0 Å². The molecule has 2 aromatic rings. The fourth-order valence-electron chi connectivity index (χ4n) is 0.766. The minimum Gasteiger partial charge on any atom is -0.451 e. The summed E-state index contributed by atoms with van der Waals surface area (Å²) in [6, 6.07) is 0. The van der Waals surface area contributed by atoms with E-state index in [1.807, 2.05) is 0 Å². The largest absolute Gasteiger partial charge is 0.451 e. The lowest BCUT2D eigenvalue weighted by atomic mass is 10.3. The molecule has 0 amide bonds. The molecular weight excluding hydrogens is 146 g/mol. The standard InChI is InChI=1S/C6H5N3O2/c7-4-1-9-11-6(4)5-2-10-3-8-5/h1-3H,7H2. The summed E-state index contributed by atoms with van der Waals surface area (Å²) in [7, 11) is 0. The zero-order valence-electron chi connectivity index (χ0n) is 5.52. The molecule has 2 heterocycles. The first-order chi connectivity index (χ1) is 5.38. The van der Waals surface area contributed by atoms with Gasteiger partial charge >= 0.3 is 0 Å². The maximum absolute atomic E-state index is 5.49. The van der Waals surface area contributed by atoms with Gasteiger partial charge in [0.25, 0.3) is 0 Å². The van der Waals surface area contributed by atoms with E-state index in [0.29, 0.717) is 17.1 Å². The molecule has 0 radical (unpaired) electrons. The Morgan fingerprint density at radius 2 is 2.36 bits per heavy atom. The van der Waals surface area contributed by atoms with Gasteiger partial charge in [0.2, 0.25) is 5.76 Å². The maximum Gasteiger partial charge on any atom is 0.211 e. The van der Waals surface area contributed by atoms with Crippen molar-refractivity contribution in [2.75, 3.05) is 5.73 Å². The Kier molecular flexibility index (Phi) is 1.15. The Bertz CT molecular complexity index is 338. The second-order valence-electron chi connectivity index (χ2n) is 1.98. The highest BCUT2D eigenvalue weighted by Gasteiger charge is 2.09. The predicted molar refractivity (Wildman–Crippen MR) is 36.4 cm³/mol. The van der Waals surface area contributed by atoms with Gasteiger partial charge in [-0.15, -0.1) is 0 Å². The Morgan fingerprint density at radius 1 is 1.45 bits per heavy atom. The van der Waals surface area contributed by atoms with E-state index >= 15 is 0 Å². The Hall–Kier alpha value is -1.78. The third kappa shape index (κ3) is 0.861. The summed E-state index contributed by atoms with van der Waals surface area (Å²) in [5.74, 6) is 0.443. The van der Waals surface area contributed by atoms with Crippen molar-refractivity contribution in [2.45, 2.75) is 0 Å². The minimum absolute atomic E-state index is 0.443. The Labute approximate surface area is 61.8 Å². The predicted octanol–water partition coefficient (Wildman–Crippen LogP) is 0.912. The number of rotatable bonds is 1. The molecule has 56 valence electrons. The highest BCUT2D eigenvalue weighted by atomic mass is 16.5. The van der Waals surface area contributed by atoms with E-state index in [9.17, 15) is 0 Å². The van der Waals surface area contributed by atoms with Crippen LogP contribution in [0.15, 0.2) is 27.8 Å². The van der Waals surface area contributed by atoms with E-state index in [0.717, 1.165) is 0 Å². The van der Waals surface area contributed by atoms with Gasteiger partial charge in [-0.1, -0.05) is 5.16 Å². The SMILES string of the molecule is Nc1cnoc1-c1cocn1. The number of nitrogen functional groups attached to an aromatic ring is 1. The van der Waals surface area contributed by atoms with E-state index in [1.165, 1.54) is 18.9 Å². The number of anilines is 1. The van der Waals surface area contributed by atoms with Crippen molar-refractivity contribution in [3.05, 3.63) is 18.9 Å². The van der Waals surface area contributed by atoms with Crippen LogP contribution in [0.2, 0.25) is 0 Å². The molecule has 0 aromatic carbocycles. The number of hydrogen-bond donors (Lipinski definition) is 1. The van der Waals surface area contributed by atoms with Crippen LogP contribution in [0.1, 0.15) is 0 Å². The molecule has 0 unspecified atom stereocenters. The quantitative estimate of drug-likeness (QED) is 0.655. The summed E-state index contributed by atoms with van der Waals surface area (Å²) in [6.07, 6.45) is 4.16. The Morgan fingerprint density at radius 3 is 2.91 bits per heavy atom. The smallest absolute Gasteiger partial charge is 0.211 e. The van der Waals surface area contributed by atoms with Gasteiger partial charge in [0.1, 0.15) is 17.6 Å². The van der Waals surface area contributed by atoms with Crippen LogP contribution in [0.4, 0.5) is 5.69 Å². The normalized spacial score (nSPS) is 10.2. The monoisotopic (exact) mass is 151 g/mol. The number of aromatic nitrogens is 2. The van der Waals surface area contributed by atoms with E-state index in [1.54, 1.807) is 0 Å². The van der Waals surface area contributed by atoms with Crippen LogP contribution in [0, 0.1) is 0 Å². The third-order valence-corrected chi connectivity index (χ3v) is 1.26. The van der Waals surface area contributed by atoms with Gasteiger partial charge in [0.15, 0.2) is 6.39 Å². The number of nitrogens with zero attached hydrogens (tertiary/aromatic N) is 2. The lowest BCUT2D eigenvalue weighted by Gasteiger charge is -1.85. The second-order valence-corrected chi connectivity index (χ2v) is 1.98. The highest BCUT2D eigenvalue weighted by molar-refractivity contribution is 5.65. The lowest BCUT2D eigenvalue weighted by molar-refractivity contribution is 0.431. The fourth-order valence-corrected chi connectivity index (χ4v) is 0.766. The third-order valence-electron chi connectivity index (χ3n) is 1.26. The molecule has 2 aromatic heterocycles. The summed E-state index contributed by atoms with van der Waals surface area (Å²) in [5, 5.41) is 3.50. The van der Waals surface area contributed by atoms with Crippen LogP contribution in [-0.2, 0) is 0 Å². The summed E-state index contributed by atoms with van der Waals surface area (Å²) in [4.78, 5) is 3.84. The van der Waals surface area contributed by atoms with Gasteiger partial charge in [0, 0.05) is 0 Å². The van der Waals surface area contributed by atoms with E-state index in [-0.39, 0.29) is 0 Å². The molecule has 0 aliphatic carbocycles. The number of hydrogen-bond acceptors (Lipinski definition) is 5. The van der Waals surface area contributed by atoms with Crippen LogP contribution in [0.3, 0.4) is 0 Å². The molecule has 0 atom stereocenters.